The van der Waals surface area contributed by atoms with E-state index in [0.717, 1.165) is 28.6 Å². The Labute approximate surface area is 103 Å². The number of H-pyrrole nitrogens is 1. The molecule has 5 heteroatoms. The molecule has 3 N–H and O–H groups in total. The quantitative estimate of drug-likeness (QED) is 0.711. The van der Waals surface area contributed by atoms with E-state index in [1.807, 2.05) is 30.5 Å². The molecule has 2 rings (SSSR count). The number of hydrogen-bond donors (Lipinski definition) is 3. The van der Waals surface area contributed by atoms with E-state index in [1.165, 1.54) is 0 Å². The predicted molar refractivity (Wildman–Crippen MR) is 66.9 cm³/mol. The fourth-order valence-electron chi connectivity index (χ4n) is 1.67. The molecule has 0 saturated carbocycles. The highest BCUT2D eigenvalue weighted by atomic mass is 16.4. The summed E-state index contributed by atoms with van der Waals surface area (Å²) < 4.78 is 0. The predicted octanol–water partition coefficient (Wildman–Crippen LogP) is 1.42. The topological polar surface area (TPSA) is 82.2 Å². The van der Waals surface area contributed by atoms with Crippen LogP contribution in [-0.4, -0.2) is 22.0 Å². The van der Waals surface area contributed by atoms with Gasteiger partial charge in [0.25, 0.3) is 0 Å². The maximum absolute atomic E-state index is 11.3. The van der Waals surface area contributed by atoms with Crippen LogP contribution in [-0.2, 0) is 16.1 Å². The van der Waals surface area contributed by atoms with E-state index in [0.29, 0.717) is 6.54 Å². The molecule has 0 aliphatic rings. The Kier molecular flexibility index (Phi) is 3.43. The lowest BCUT2D eigenvalue weighted by atomic mass is 10.2. The van der Waals surface area contributed by atoms with Crippen molar-refractivity contribution in [3.8, 4) is 0 Å². The zero-order valence-corrected chi connectivity index (χ0v) is 9.51. The SMILES string of the molecule is O=C(O)/C=C/C(=O)NCc1c[nH]c2ccccc12. The Hall–Kier alpha value is -2.56. The highest BCUT2D eigenvalue weighted by molar-refractivity contribution is 5.94. The molecule has 0 saturated heterocycles. The van der Waals surface area contributed by atoms with Crippen LogP contribution in [0.25, 0.3) is 10.9 Å². The second-order valence-corrected chi connectivity index (χ2v) is 3.75. The zero-order valence-electron chi connectivity index (χ0n) is 9.51. The second-order valence-electron chi connectivity index (χ2n) is 3.75. The molecule has 0 aliphatic carbocycles. The number of aliphatic carboxylic acids is 1. The Morgan fingerprint density at radius 3 is 2.83 bits per heavy atom. The minimum Gasteiger partial charge on any atom is -0.478 e. The molecule has 0 radical (unpaired) electrons. The van der Waals surface area contributed by atoms with Crippen LogP contribution in [0.2, 0.25) is 0 Å². The number of hydrogen-bond acceptors (Lipinski definition) is 2. The number of fused-ring (bicyclic) bond motifs is 1. The first-order valence-electron chi connectivity index (χ1n) is 5.40. The van der Waals surface area contributed by atoms with Crippen LogP contribution in [0, 0.1) is 0 Å². The highest BCUT2D eigenvalue weighted by Gasteiger charge is 2.03. The normalized spacial score (nSPS) is 10.9. The van der Waals surface area contributed by atoms with Crippen molar-refractivity contribution in [1.82, 2.24) is 10.3 Å². The maximum Gasteiger partial charge on any atom is 0.328 e. The van der Waals surface area contributed by atoms with E-state index in [9.17, 15) is 9.59 Å². The summed E-state index contributed by atoms with van der Waals surface area (Å²) in [6, 6.07) is 7.76. The fraction of sp³-hybridized carbons (Fsp3) is 0.0769. The van der Waals surface area contributed by atoms with Crippen molar-refractivity contribution in [3.05, 3.63) is 48.2 Å². The van der Waals surface area contributed by atoms with Gasteiger partial charge < -0.3 is 15.4 Å². The lowest BCUT2D eigenvalue weighted by Gasteiger charge is -2.00. The van der Waals surface area contributed by atoms with Gasteiger partial charge in [-0.25, -0.2) is 4.79 Å². The molecule has 2 aromatic rings. The average molecular weight is 244 g/mol. The van der Waals surface area contributed by atoms with Gasteiger partial charge in [-0.05, 0) is 11.6 Å². The van der Waals surface area contributed by atoms with Crippen LogP contribution >= 0.6 is 0 Å². The molecule has 1 aromatic carbocycles. The molecule has 0 bridgehead atoms. The van der Waals surface area contributed by atoms with Crippen molar-refractivity contribution in [2.45, 2.75) is 6.54 Å². The van der Waals surface area contributed by atoms with Crippen molar-refractivity contribution in [2.24, 2.45) is 0 Å². The van der Waals surface area contributed by atoms with Gasteiger partial charge in [0.15, 0.2) is 0 Å². The van der Waals surface area contributed by atoms with Crippen molar-refractivity contribution in [2.75, 3.05) is 0 Å². The molecule has 0 atom stereocenters. The van der Waals surface area contributed by atoms with Crippen LogP contribution in [0.3, 0.4) is 0 Å². The molecule has 0 spiro atoms. The third kappa shape index (κ3) is 2.76. The van der Waals surface area contributed by atoms with Gasteiger partial charge in [0, 0.05) is 35.8 Å². The molecule has 18 heavy (non-hydrogen) atoms. The number of aromatic amines is 1. The largest absolute Gasteiger partial charge is 0.478 e. The summed E-state index contributed by atoms with van der Waals surface area (Å²) in [6.45, 7) is 0.354. The Balaban J connectivity index is 2.02. The van der Waals surface area contributed by atoms with Crippen molar-refractivity contribution in [3.63, 3.8) is 0 Å². The zero-order chi connectivity index (χ0) is 13.0. The fourth-order valence-corrected chi connectivity index (χ4v) is 1.67. The molecule has 1 amide bonds. The second kappa shape index (κ2) is 5.18. The third-order valence-electron chi connectivity index (χ3n) is 2.51. The molecular weight excluding hydrogens is 232 g/mol. The summed E-state index contributed by atoms with van der Waals surface area (Å²) in [5.74, 6) is -1.57. The summed E-state index contributed by atoms with van der Waals surface area (Å²) in [5, 5.41) is 12.0. The summed E-state index contributed by atoms with van der Waals surface area (Å²) >= 11 is 0. The average Bonchev–Trinajstić information content (AvgIpc) is 2.77. The number of para-hydroxylation sites is 1. The van der Waals surface area contributed by atoms with E-state index in [-0.39, 0.29) is 0 Å². The van der Waals surface area contributed by atoms with Gasteiger partial charge in [-0.1, -0.05) is 18.2 Å². The number of rotatable bonds is 4. The van der Waals surface area contributed by atoms with Gasteiger partial charge in [0.1, 0.15) is 0 Å². The first kappa shape index (κ1) is 11.9. The van der Waals surface area contributed by atoms with E-state index in [4.69, 9.17) is 5.11 Å². The van der Waals surface area contributed by atoms with E-state index in [2.05, 4.69) is 10.3 Å². The van der Waals surface area contributed by atoms with Crippen LogP contribution in [0.1, 0.15) is 5.56 Å². The molecule has 0 aliphatic heterocycles. The van der Waals surface area contributed by atoms with Crippen molar-refractivity contribution < 1.29 is 14.7 Å². The first-order valence-corrected chi connectivity index (χ1v) is 5.40. The number of carboxylic acids is 1. The van der Waals surface area contributed by atoms with Crippen LogP contribution in [0.15, 0.2) is 42.6 Å². The van der Waals surface area contributed by atoms with E-state index in [1.54, 1.807) is 0 Å². The van der Waals surface area contributed by atoms with Gasteiger partial charge >= 0.3 is 5.97 Å². The molecular formula is C13H12N2O3. The Bertz CT molecular complexity index is 613. The van der Waals surface area contributed by atoms with Gasteiger partial charge in [-0.15, -0.1) is 0 Å². The van der Waals surface area contributed by atoms with Crippen LogP contribution < -0.4 is 5.32 Å². The molecule has 0 fully saturated rings. The lowest BCUT2D eigenvalue weighted by Crippen LogP contribution is -2.20. The van der Waals surface area contributed by atoms with Crippen LogP contribution in [0.5, 0.6) is 0 Å². The van der Waals surface area contributed by atoms with E-state index >= 15 is 0 Å². The molecule has 0 unspecified atom stereocenters. The monoisotopic (exact) mass is 244 g/mol. The molecule has 1 heterocycles. The van der Waals surface area contributed by atoms with Gasteiger partial charge in [0.05, 0.1) is 0 Å². The Morgan fingerprint density at radius 2 is 2.06 bits per heavy atom. The summed E-state index contributed by atoms with van der Waals surface area (Å²) in [4.78, 5) is 24.6. The minimum atomic E-state index is -1.14. The van der Waals surface area contributed by atoms with Gasteiger partial charge in [-0.3, -0.25) is 4.79 Å². The lowest BCUT2D eigenvalue weighted by molar-refractivity contribution is -0.131. The maximum atomic E-state index is 11.3. The summed E-state index contributed by atoms with van der Waals surface area (Å²) in [7, 11) is 0. The van der Waals surface area contributed by atoms with Crippen LogP contribution in [0.4, 0.5) is 0 Å². The number of carbonyl (C=O) groups is 2. The summed E-state index contributed by atoms with van der Waals surface area (Å²) in [5.41, 5.74) is 1.96. The number of aromatic nitrogens is 1. The van der Waals surface area contributed by atoms with Crippen molar-refractivity contribution >= 4 is 22.8 Å². The molecule has 5 nitrogen and oxygen atoms in total. The number of amides is 1. The molecule has 92 valence electrons. The highest BCUT2D eigenvalue weighted by Crippen LogP contribution is 2.17. The number of carboxylic acid groups (broad SMARTS) is 1. The smallest absolute Gasteiger partial charge is 0.328 e. The number of nitrogens with one attached hydrogen (secondary N) is 2. The third-order valence-corrected chi connectivity index (χ3v) is 2.51. The summed E-state index contributed by atoms with van der Waals surface area (Å²) in [6.07, 6.45) is 3.63. The van der Waals surface area contributed by atoms with Gasteiger partial charge in [-0.2, -0.15) is 0 Å². The number of benzene rings is 1. The minimum absolute atomic E-state index is 0.354. The molecule has 1 aromatic heterocycles. The van der Waals surface area contributed by atoms with Crippen molar-refractivity contribution in [1.29, 1.82) is 0 Å². The first-order chi connectivity index (χ1) is 8.66. The van der Waals surface area contributed by atoms with Gasteiger partial charge in [0.2, 0.25) is 5.91 Å². The van der Waals surface area contributed by atoms with E-state index < -0.39 is 11.9 Å². The Morgan fingerprint density at radius 1 is 1.28 bits per heavy atom. The number of carbonyl (C=O) groups excluding carboxylic acids is 1. The standard InChI is InChI=1S/C13H12N2O3/c16-12(5-6-13(17)18)15-8-9-7-14-11-4-2-1-3-10(9)11/h1-7,14H,8H2,(H,15,16)(H,17,18)/b6-5+.